The third-order valence-corrected chi connectivity index (χ3v) is 4.13. The summed E-state index contributed by atoms with van der Waals surface area (Å²) in [6.07, 6.45) is 2.83. The van der Waals surface area contributed by atoms with Gasteiger partial charge in [-0.3, -0.25) is 0 Å². The molecule has 0 saturated carbocycles. The van der Waals surface area contributed by atoms with E-state index >= 15 is 0 Å². The van der Waals surface area contributed by atoms with Crippen molar-refractivity contribution >= 4 is 26.3 Å². The number of nitrogens with zero attached hydrogens (tertiary/aromatic N) is 1. The van der Waals surface area contributed by atoms with E-state index in [1.807, 2.05) is 0 Å². The lowest BCUT2D eigenvalue weighted by molar-refractivity contribution is 0.309. The Balaban J connectivity index is 2.03. The molecule has 0 aliphatic rings. The summed E-state index contributed by atoms with van der Waals surface area (Å²) >= 11 is 1.36. The van der Waals surface area contributed by atoms with Crippen molar-refractivity contribution in [2.24, 2.45) is 0 Å². The van der Waals surface area contributed by atoms with Crippen LogP contribution < -0.4 is 10.5 Å². The second-order valence-electron chi connectivity index (χ2n) is 3.70. The van der Waals surface area contributed by atoms with Gasteiger partial charge in [0.25, 0.3) is 0 Å². The fourth-order valence-corrected chi connectivity index (χ4v) is 2.55. The van der Waals surface area contributed by atoms with Crippen molar-refractivity contribution in [3.63, 3.8) is 0 Å². The Morgan fingerprint density at radius 3 is 2.50 bits per heavy atom. The molecule has 0 bridgehead atoms. The van der Waals surface area contributed by atoms with Crippen LogP contribution >= 0.6 is 11.3 Å². The number of nitrogens with two attached hydrogens (primary N) is 1. The Hall–Kier alpha value is -1.60. The Labute approximate surface area is 109 Å². The molecule has 2 rings (SSSR count). The number of anilines is 1. The van der Waals surface area contributed by atoms with E-state index in [9.17, 15) is 8.42 Å². The maximum atomic E-state index is 11.3. The van der Waals surface area contributed by atoms with E-state index in [-0.39, 0.29) is 4.90 Å². The van der Waals surface area contributed by atoms with Gasteiger partial charge in [0.05, 0.1) is 9.77 Å². The van der Waals surface area contributed by atoms with Crippen LogP contribution in [0.5, 0.6) is 5.75 Å². The van der Waals surface area contributed by atoms with Crippen molar-refractivity contribution in [1.82, 2.24) is 4.98 Å². The molecule has 0 radical (unpaired) electrons. The van der Waals surface area contributed by atoms with Gasteiger partial charge in [0.15, 0.2) is 15.0 Å². The zero-order valence-corrected chi connectivity index (χ0v) is 11.3. The summed E-state index contributed by atoms with van der Waals surface area (Å²) in [6.45, 7) is 0.368. The first-order valence-corrected chi connectivity index (χ1v) is 7.79. The number of rotatable bonds is 4. The highest BCUT2D eigenvalue weighted by atomic mass is 32.2. The minimum absolute atomic E-state index is 0.275. The summed E-state index contributed by atoms with van der Waals surface area (Å²) in [6, 6.07) is 6.29. The summed E-state index contributed by atoms with van der Waals surface area (Å²) in [5.41, 5.74) is 5.50. The highest BCUT2D eigenvalue weighted by Gasteiger charge is 2.06. The first-order chi connectivity index (χ1) is 8.45. The molecule has 0 amide bonds. The van der Waals surface area contributed by atoms with E-state index in [1.54, 1.807) is 18.3 Å². The number of thiazole rings is 1. The van der Waals surface area contributed by atoms with Crippen LogP contribution in [0.1, 0.15) is 4.88 Å². The predicted molar refractivity (Wildman–Crippen MR) is 70.4 cm³/mol. The van der Waals surface area contributed by atoms with Crippen LogP contribution in [0, 0.1) is 0 Å². The number of aromatic nitrogens is 1. The van der Waals surface area contributed by atoms with Crippen LogP contribution in [0.2, 0.25) is 0 Å². The maximum absolute atomic E-state index is 11.3. The normalized spacial score (nSPS) is 11.4. The molecule has 0 saturated heterocycles. The molecule has 1 heterocycles. The summed E-state index contributed by atoms with van der Waals surface area (Å²) in [7, 11) is -3.16. The van der Waals surface area contributed by atoms with Gasteiger partial charge in [-0.05, 0) is 24.3 Å². The van der Waals surface area contributed by atoms with Gasteiger partial charge in [-0.25, -0.2) is 13.4 Å². The zero-order chi connectivity index (χ0) is 13.2. The second kappa shape index (κ2) is 4.95. The molecular weight excluding hydrogens is 272 g/mol. The van der Waals surface area contributed by atoms with Gasteiger partial charge in [0, 0.05) is 12.5 Å². The Kier molecular flexibility index (Phi) is 3.53. The molecule has 1 aromatic carbocycles. The number of hydrogen-bond donors (Lipinski definition) is 1. The molecule has 1 aromatic heterocycles. The minimum Gasteiger partial charge on any atom is -0.488 e. The van der Waals surface area contributed by atoms with Gasteiger partial charge < -0.3 is 10.5 Å². The molecule has 5 nitrogen and oxygen atoms in total. The molecule has 0 aliphatic carbocycles. The van der Waals surface area contributed by atoms with E-state index in [0.717, 1.165) is 4.88 Å². The first kappa shape index (κ1) is 12.8. The number of ether oxygens (including phenoxy) is 1. The number of nitrogen functional groups attached to an aromatic ring is 1. The summed E-state index contributed by atoms with van der Waals surface area (Å²) in [5.74, 6) is 0.606. The molecule has 7 heteroatoms. The average molecular weight is 284 g/mol. The van der Waals surface area contributed by atoms with Crippen LogP contribution in [-0.4, -0.2) is 19.7 Å². The number of hydrogen-bond acceptors (Lipinski definition) is 6. The Bertz CT molecular complexity index is 633. The van der Waals surface area contributed by atoms with Crippen LogP contribution in [-0.2, 0) is 16.4 Å². The van der Waals surface area contributed by atoms with Crippen molar-refractivity contribution in [2.75, 3.05) is 12.0 Å². The fourth-order valence-electron chi connectivity index (χ4n) is 1.33. The van der Waals surface area contributed by atoms with Crippen LogP contribution in [0.3, 0.4) is 0 Å². The largest absolute Gasteiger partial charge is 0.488 e. The zero-order valence-electron chi connectivity index (χ0n) is 9.66. The predicted octanol–water partition coefficient (Wildman–Crippen LogP) is 1.71. The van der Waals surface area contributed by atoms with Crippen LogP contribution in [0.15, 0.2) is 35.4 Å². The Morgan fingerprint density at radius 2 is 2.00 bits per heavy atom. The minimum atomic E-state index is -3.16. The van der Waals surface area contributed by atoms with Gasteiger partial charge in [-0.15, -0.1) is 0 Å². The fraction of sp³-hybridized carbons (Fsp3) is 0.182. The van der Waals surface area contributed by atoms with Crippen molar-refractivity contribution in [1.29, 1.82) is 0 Å². The van der Waals surface area contributed by atoms with Gasteiger partial charge in [0.1, 0.15) is 12.4 Å². The molecule has 18 heavy (non-hydrogen) atoms. The van der Waals surface area contributed by atoms with Gasteiger partial charge >= 0.3 is 0 Å². The summed E-state index contributed by atoms with van der Waals surface area (Å²) in [5, 5.41) is 0.501. The highest BCUT2D eigenvalue weighted by molar-refractivity contribution is 7.90. The molecule has 2 N–H and O–H groups in total. The quantitative estimate of drug-likeness (QED) is 0.924. The molecule has 2 aromatic rings. The van der Waals surface area contributed by atoms with Gasteiger partial charge in [-0.1, -0.05) is 11.3 Å². The lowest BCUT2D eigenvalue weighted by atomic mass is 10.3. The van der Waals surface area contributed by atoms with Crippen molar-refractivity contribution in [3.05, 3.63) is 35.3 Å². The summed E-state index contributed by atoms with van der Waals surface area (Å²) in [4.78, 5) is 5.10. The van der Waals surface area contributed by atoms with Crippen molar-refractivity contribution < 1.29 is 13.2 Å². The van der Waals surface area contributed by atoms with E-state index < -0.39 is 9.84 Å². The molecule has 0 unspecified atom stereocenters. The smallest absolute Gasteiger partial charge is 0.180 e. The number of sulfone groups is 1. The van der Waals surface area contributed by atoms with E-state index in [0.29, 0.717) is 17.5 Å². The lowest BCUT2D eigenvalue weighted by Crippen LogP contribution is -1.97. The van der Waals surface area contributed by atoms with Crippen LogP contribution in [0.4, 0.5) is 5.13 Å². The van der Waals surface area contributed by atoms with Gasteiger partial charge in [0.2, 0.25) is 0 Å². The number of benzene rings is 1. The SMILES string of the molecule is CS(=O)(=O)c1ccc(OCc2cnc(N)s2)cc1. The third-order valence-electron chi connectivity index (χ3n) is 2.20. The maximum Gasteiger partial charge on any atom is 0.180 e. The van der Waals surface area contributed by atoms with Gasteiger partial charge in [-0.2, -0.15) is 0 Å². The lowest BCUT2D eigenvalue weighted by Gasteiger charge is -2.04. The molecule has 0 spiro atoms. The van der Waals surface area contributed by atoms with Crippen LogP contribution in [0.25, 0.3) is 0 Å². The monoisotopic (exact) mass is 284 g/mol. The molecular formula is C11H12N2O3S2. The second-order valence-corrected chi connectivity index (χ2v) is 6.86. The Morgan fingerprint density at radius 1 is 1.33 bits per heavy atom. The van der Waals surface area contributed by atoms with Crippen molar-refractivity contribution in [3.8, 4) is 5.75 Å². The topological polar surface area (TPSA) is 82.3 Å². The molecule has 0 atom stereocenters. The van der Waals surface area contributed by atoms with E-state index in [4.69, 9.17) is 10.5 Å². The molecule has 0 fully saturated rings. The standard InChI is InChI=1S/C11H12N2O3S2/c1-18(14,15)10-4-2-8(3-5-10)16-7-9-6-13-11(12)17-9/h2-6H,7H2,1H3,(H2,12,13). The van der Waals surface area contributed by atoms with E-state index in [2.05, 4.69) is 4.98 Å². The molecule has 0 aliphatic heterocycles. The molecule has 96 valence electrons. The van der Waals surface area contributed by atoms with E-state index in [1.165, 1.54) is 29.7 Å². The highest BCUT2D eigenvalue weighted by Crippen LogP contribution is 2.19. The summed E-state index contributed by atoms with van der Waals surface area (Å²) < 4.78 is 28.0. The average Bonchev–Trinajstić information content (AvgIpc) is 2.72. The first-order valence-electron chi connectivity index (χ1n) is 5.08. The van der Waals surface area contributed by atoms with Crippen molar-refractivity contribution in [2.45, 2.75) is 11.5 Å². The third kappa shape index (κ3) is 3.21.